The summed E-state index contributed by atoms with van der Waals surface area (Å²) in [6.07, 6.45) is 2.39. The third kappa shape index (κ3) is 6.09. The van der Waals surface area contributed by atoms with Gasteiger partial charge in [-0.1, -0.05) is 43.6 Å². The zero-order valence-electron chi connectivity index (χ0n) is 20.3. The molecule has 2 aliphatic rings. The molecule has 4 rings (SSSR count). The van der Waals surface area contributed by atoms with Gasteiger partial charge in [0.25, 0.3) is 5.91 Å². The number of carbonyl (C=O) groups excluding carboxylic acids is 1. The van der Waals surface area contributed by atoms with Crippen molar-refractivity contribution in [2.75, 3.05) is 19.8 Å². The topological polar surface area (TPSA) is 96.6 Å². The number of hydrogen-bond acceptors (Lipinski definition) is 7. The van der Waals surface area contributed by atoms with Crippen LogP contribution >= 0.6 is 23.4 Å². The van der Waals surface area contributed by atoms with Crippen molar-refractivity contribution in [2.24, 2.45) is 16.0 Å². The molecule has 0 radical (unpaired) electrons. The summed E-state index contributed by atoms with van der Waals surface area (Å²) in [4.78, 5) is 16.9. The molecule has 8 nitrogen and oxygen atoms in total. The first-order chi connectivity index (χ1) is 17.4. The van der Waals surface area contributed by atoms with Crippen LogP contribution in [0, 0.1) is 11.3 Å². The number of hydrogen-bond donors (Lipinski definition) is 1. The van der Waals surface area contributed by atoms with Gasteiger partial charge in [0.15, 0.2) is 17.3 Å². The minimum Gasteiger partial charge on any atom is -0.490 e. The van der Waals surface area contributed by atoms with Gasteiger partial charge in [-0.15, -0.1) is 0 Å². The van der Waals surface area contributed by atoms with E-state index in [0.29, 0.717) is 52.1 Å². The second kappa shape index (κ2) is 11.6. The van der Waals surface area contributed by atoms with E-state index in [9.17, 15) is 4.79 Å². The smallest absolute Gasteiger partial charge is 0.283 e. The molecule has 0 bridgehead atoms. The van der Waals surface area contributed by atoms with Gasteiger partial charge in [0, 0.05) is 6.42 Å². The number of para-hydroxylation sites is 1. The standard InChI is InChI=1S/C26H27ClN4O4S/c1-4-33-22-15-17(9-10-21(22)35-12-11-34-20-8-6-5-7-19(20)27)14-18-24(28)31-26(29-25(18)32)36-23(30-31)13-16(2)3/h5-10,14-16,28H,4,11-13H2,1-3H3/b18-14-,28-24?. The van der Waals surface area contributed by atoms with Crippen LogP contribution in [0.1, 0.15) is 32.8 Å². The number of amidine groups is 2. The molecule has 10 heteroatoms. The lowest BCUT2D eigenvalue weighted by Gasteiger charge is -2.20. The molecule has 1 amide bonds. The summed E-state index contributed by atoms with van der Waals surface area (Å²) in [5, 5.41) is 16.3. The maximum Gasteiger partial charge on any atom is 0.283 e. The van der Waals surface area contributed by atoms with Gasteiger partial charge >= 0.3 is 0 Å². The van der Waals surface area contributed by atoms with Gasteiger partial charge in [-0.05, 0) is 60.5 Å². The van der Waals surface area contributed by atoms with Crippen LogP contribution in [0.15, 0.2) is 58.1 Å². The van der Waals surface area contributed by atoms with E-state index in [1.807, 2.05) is 19.1 Å². The lowest BCUT2D eigenvalue weighted by atomic mass is 10.1. The van der Waals surface area contributed by atoms with Crippen LogP contribution < -0.4 is 14.2 Å². The van der Waals surface area contributed by atoms with Crippen molar-refractivity contribution < 1.29 is 19.0 Å². The number of ether oxygens (including phenoxy) is 3. The summed E-state index contributed by atoms with van der Waals surface area (Å²) in [5.41, 5.74) is 0.848. The van der Waals surface area contributed by atoms with Crippen molar-refractivity contribution in [1.82, 2.24) is 5.01 Å². The van der Waals surface area contributed by atoms with Crippen molar-refractivity contribution in [2.45, 2.75) is 27.2 Å². The first-order valence-corrected chi connectivity index (χ1v) is 12.8. The van der Waals surface area contributed by atoms with Gasteiger partial charge in [-0.25, -0.2) is 0 Å². The Kier molecular flexibility index (Phi) is 8.32. The van der Waals surface area contributed by atoms with Crippen LogP contribution in [0.25, 0.3) is 6.08 Å². The van der Waals surface area contributed by atoms with Crippen molar-refractivity contribution in [3.05, 3.63) is 58.6 Å². The van der Waals surface area contributed by atoms with E-state index in [1.165, 1.54) is 16.8 Å². The molecule has 1 N–H and O–H groups in total. The molecule has 0 spiro atoms. The molecule has 0 fully saturated rings. The number of carbonyl (C=O) groups is 1. The zero-order chi connectivity index (χ0) is 25.7. The molecule has 36 heavy (non-hydrogen) atoms. The number of halogens is 1. The average Bonchev–Trinajstić information content (AvgIpc) is 3.23. The lowest BCUT2D eigenvalue weighted by Crippen LogP contribution is -2.35. The Balaban J connectivity index is 1.47. The van der Waals surface area contributed by atoms with Gasteiger partial charge in [-0.2, -0.15) is 15.1 Å². The summed E-state index contributed by atoms with van der Waals surface area (Å²) in [6.45, 7) is 7.10. The van der Waals surface area contributed by atoms with E-state index < -0.39 is 5.91 Å². The highest BCUT2D eigenvalue weighted by Gasteiger charge is 2.35. The molecular formula is C26H27ClN4O4S. The summed E-state index contributed by atoms with van der Waals surface area (Å²) in [7, 11) is 0. The van der Waals surface area contributed by atoms with Gasteiger partial charge in [-0.3, -0.25) is 10.2 Å². The Bertz CT molecular complexity index is 1260. The Morgan fingerprint density at radius 3 is 2.56 bits per heavy atom. The van der Waals surface area contributed by atoms with Crippen LogP contribution in [0.3, 0.4) is 0 Å². The second-order valence-corrected chi connectivity index (χ2v) is 9.83. The summed E-state index contributed by atoms with van der Waals surface area (Å²) < 4.78 is 17.3. The fraction of sp³-hybridized carbons (Fsp3) is 0.308. The molecule has 2 aliphatic heterocycles. The monoisotopic (exact) mass is 526 g/mol. The predicted octanol–water partition coefficient (Wildman–Crippen LogP) is 5.86. The molecule has 188 valence electrons. The SMILES string of the molecule is CCOc1cc(/C=C2/C(=N)N3N=C(CC(C)C)SC3=NC2=O)ccc1OCCOc1ccccc1Cl. The minimum atomic E-state index is -0.463. The normalized spacial score (nSPS) is 16.2. The number of aliphatic imine (C=N–C) groups is 1. The van der Waals surface area contributed by atoms with Crippen LogP contribution in [0.5, 0.6) is 17.2 Å². The van der Waals surface area contributed by atoms with Gasteiger partial charge in [0.1, 0.15) is 24.0 Å². The zero-order valence-corrected chi connectivity index (χ0v) is 21.9. The Labute approximate surface area is 219 Å². The molecule has 0 atom stereocenters. The summed E-state index contributed by atoms with van der Waals surface area (Å²) in [6, 6.07) is 12.6. The van der Waals surface area contributed by atoms with E-state index in [1.54, 1.807) is 36.4 Å². The van der Waals surface area contributed by atoms with E-state index in [-0.39, 0.29) is 18.0 Å². The molecular weight excluding hydrogens is 500 g/mol. The number of hydrazone groups is 1. The van der Waals surface area contributed by atoms with Crippen molar-refractivity contribution in [3.8, 4) is 17.2 Å². The minimum absolute atomic E-state index is 0.00580. The van der Waals surface area contributed by atoms with Crippen LogP contribution in [-0.4, -0.2) is 46.8 Å². The van der Waals surface area contributed by atoms with Crippen LogP contribution in [0.4, 0.5) is 0 Å². The van der Waals surface area contributed by atoms with E-state index >= 15 is 0 Å². The fourth-order valence-corrected chi connectivity index (χ4v) is 4.78. The summed E-state index contributed by atoms with van der Waals surface area (Å²) in [5.74, 6) is 1.63. The van der Waals surface area contributed by atoms with Gasteiger partial charge < -0.3 is 14.2 Å². The number of thioether (sulfide) groups is 1. The highest BCUT2D eigenvalue weighted by molar-refractivity contribution is 8.26. The number of benzene rings is 2. The number of rotatable bonds is 10. The summed E-state index contributed by atoms with van der Waals surface area (Å²) >= 11 is 7.45. The van der Waals surface area contributed by atoms with Crippen LogP contribution in [-0.2, 0) is 4.79 Å². The Morgan fingerprint density at radius 1 is 1.08 bits per heavy atom. The van der Waals surface area contributed by atoms with Crippen molar-refractivity contribution in [1.29, 1.82) is 5.41 Å². The molecule has 2 heterocycles. The predicted molar refractivity (Wildman–Crippen MR) is 145 cm³/mol. The quantitative estimate of drug-likeness (QED) is 0.307. The third-order valence-corrected chi connectivity index (χ3v) is 6.34. The number of nitrogens with one attached hydrogen (secondary N) is 1. The molecule has 0 saturated carbocycles. The van der Waals surface area contributed by atoms with Gasteiger partial charge in [0.05, 0.1) is 17.2 Å². The molecule has 0 unspecified atom stereocenters. The average molecular weight is 527 g/mol. The Hall–Kier alpha value is -3.30. The van der Waals surface area contributed by atoms with Crippen LogP contribution in [0.2, 0.25) is 5.02 Å². The lowest BCUT2D eigenvalue weighted by molar-refractivity contribution is -0.114. The molecule has 0 aromatic heterocycles. The number of fused-ring (bicyclic) bond motifs is 1. The van der Waals surface area contributed by atoms with Crippen molar-refractivity contribution in [3.63, 3.8) is 0 Å². The number of amides is 1. The molecule has 0 saturated heterocycles. The highest BCUT2D eigenvalue weighted by atomic mass is 35.5. The first-order valence-electron chi connectivity index (χ1n) is 11.6. The highest BCUT2D eigenvalue weighted by Crippen LogP contribution is 2.33. The maximum atomic E-state index is 12.7. The molecule has 2 aromatic carbocycles. The Morgan fingerprint density at radius 2 is 1.83 bits per heavy atom. The molecule has 0 aliphatic carbocycles. The maximum absolute atomic E-state index is 12.7. The van der Waals surface area contributed by atoms with E-state index in [4.69, 9.17) is 31.2 Å². The first kappa shape index (κ1) is 25.8. The number of nitrogens with zero attached hydrogens (tertiary/aromatic N) is 3. The van der Waals surface area contributed by atoms with Crippen molar-refractivity contribution >= 4 is 51.4 Å². The second-order valence-electron chi connectivity index (χ2n) is 8.38. The fourth-order valence-electron chi connectivity index (χ4n) is 3.50. The van der Waals surface area contributed by atoms with E-state index in [0.717, 1.165) is 11.5 Å². The van der Waals surface area contributed by atoms with E-state index in [2.05, 4.69) is 23.9 Å². The van der Waals surface area contributed by atoms with Gasteiger partial charge in [0.2, 0.25) is 5.17 Å². The molecule has 2 aromatic rings. The largest absolute Gasteiger partial charge is 0.490 e. The third-order valence-electron chi connectivity index (χ3n) is 5.09.